The third kappa shape index (κ3) is 2.65. The second-order valence-corrected chi connectivity index (χ2v) is 2.77. The number of carbonyl (C=O) groups is 1. The third-order valence-corrected chi connectivity index (χ3v) is 1.72. The number of ether oxygens (including phenoxy) is 2. The van der Waals surface area contributed by atoms with E-state index in [0.29, 0.717) is 11.3 Å². The Morgan fingerprint density at radius 2 is 2.21 bits per heavy atom. The summed E-state index contributed by atoms with van der Waals surface area (Å²) < 4.78 is 9.72. The number of benzene rings is 1. The van der Waals surface area contributed by atoms with Crippen LogP contribution >= 0.6 is 0 Å². The van der Waals surface area contributed by atoms with Crippen LogP contribution in [0.15, 0.2) is 18.2 Å². The van der Waals surface area contributed by atoms with E-state index in [9.17, 15) is 9.90 Å². The zero-order valence-corrected chi connectivity index (χ0v) is 8.11. The van der Waals surface area contributed by atoms with E-state index in [0.717, 1.165) is 0 Å². The van der Waals surface area contributed by atoms with Gasteiger partial charge in [-0.1, -0.05) is 0 Å². The topological polar surface area (TPSA) is 55.8 Å². The minimum atomic E-state index is -0.382. The molecule has 0 unspecified atom stereocenters. The summed E-state index contributed by atoms with van der Waals surface area (Å²) in [7, 11) is 1.53. The molecule has 0 saturated heterocycles. The lowest BCUT2D eigenvalue weighted by atomic mass is 10.2. The van der Waals surface area contributed by atoms with Crippen molar-refractivity contribution in [3.63, 3.8) is 0 Å². The minimum Gasteiger partial charge on any atom is -0.508 e. The van der Waals surface area contributed by atoms with E-state index in [4.69, 9.17) is 9.47 Å². The number of phenols is 1. The van der Waals surface area contributed by atoms with E-state index < -0.39 is 0 Å². The summed E-state index contributed by atoms with van der Waals surface area (Å²) >= 11 is 0. The van der Waals surface area contributed by atoms with E-state index in [-0.39, 0.29) is 18.3 Å². The van der Waals surface area contributed by atoms with E-state index in [1.165, 1.54) is 20.1 Å². The quantitative estimate of drug-likeness (QED) is 0.743. The Morgan fingerprint density at radius 3 is 2.79 bits per heavy atom. The average molecular weight is 196 g/mol. The van der Waals surface area contributed by atoms with Crippen LogP contribution in [0.25, 0.3) is 0 Å². The standard InChI is InChI=1S/C10H12O4/c1-7(11)14-6-8-5-9(13-2)3-4-10(8)12/h3-5,12H,6H2,1-2H3. The first-order valence-corrected chi connectivity index (χ1v) is 4.12. The first-order valence-electron chi connectivity index (χ1n) is 4.12. The van der Waals surface area contributed by atoms with Crippen LogP contribution in [-0.2, 0) is 16.1 Å². The highest BCUT2D eigenvalue weighted by atomic mass is 16.5. The number of rotatable bonds is 3. The fourth-order valence-corrected chi connectivity index (χ4v) is 0.984. The van der Waals surface area contributed by atoms with Crippen LogP contribution < -0.4 is 4.74 Å². The van der Waals surface area contributed by atoms with Crippen molar-refractivity contribution in [1.82, 2.24) is 0 Å². The van der Waals surface area contributed by atoms with Crippen molar-refractivity contribution in [1.29, 1.82) is 0 Å². The largest absolute Gasteiger partial charge is 0.508 e. The van der Waals surface area contributed by atoms with Gasteiger partial charge in [0.1, 0.15) is 18.1 Å². The van der Waals surface area contributed by atoms with Gasteiger partial charge in [0, 0.05) is 12.5 Å². The predicted molar refractivity (Wildman–Crippen MR) is 50.1 cm³/mol. The fourth-order valence-electron chi connectivity index (χ4n) is 0.984. The van der Waals surface area contributed by atoms with Gasteiger partial charge in [-0.2, -0.15) is 0 Å². The van der Waals surface area contributed by atoms with E-state index in [1.807, 2.05) is 0 Å². The monoisotopic (exact) mass is 196 g/mol. The molecule has 0 amide bonds. The molecule has 0 fully saturated rings. The molecule has 76 valence electrons. The van der Waals surface area contributed by atoms with E-state index in [2.05, 4.69) is 0 Å². The summed E-state index contributed by atoms with van der Waals surface area (Å²) in [5.74, 6) is 0.323. The molecule has 0 aliphatic heterocycles. The SMILES string of the molecule is COc1ccc(O)c(COC(C)=O)c1. The Balaban J connectivity index is 2.78. The van der Waals surface area contributed by atoms with Gasteiger partial charge in [-0.3, -0.25) is 4.79 Å². The molecule has 0 saturated carbocycles. The number of methoxy groups -OCH3 is 1. The molecule has 0 aliphatic carbocycles. The zero-order chi connectivity index (χ0) is 10.6. The molecule has 4 nitrogen and oxygen atoms in total. The summed E-state index contributed by atoms with van der Waals surface area (Å²) in [5, 5.41) is 9.40. The molecule has 1 N–H and O–H groups in total. The van der Waals surface area contributed by atoms with E-state index >= 15 is 0 Å². The zero-order valence-electron chi connectivity index (χ0n) is 8.11. The lowest BCUT2D eigenvalue weighted by molar-refractivity contribution is -0.142. The van der Waals surface area contributed by atoms with Crippen LogP contribution in [-0.4, -0.2) is 18.2 Å². The van der Waals surface area contributed by atoms with Gasteiger partial charge in [-0.15, -0.1) is 0 Å². The minimum absolute atomic E-state index is 0.0539. The number of hydrogen-bond donors (Lipinski definition) is 1. The molecule has 0 heterocycles. The summed E-state index contributed by atoms with van der Waals surface area (Å²) in [6.45, 7) is 1.37. The van der Waals surface area contributed by atoms with Crippen molar-refractivity contribution in [2.45, 2.75) is 13.5 Å². The third-order valence-electron chi connectivity index (χ3n) is 1.72. The number of phenolic OH excluding ortho intramolecular Hbond substituents is 1. The molecule has 14 heavy (non-hydrogen) atoms. The van der Waals surface area contributed by atoms with Gasteiger partial charge < -0.3 is 14.6 Å². The van der Waals surface area contributed by atoms with Gasteiger partial charge in [0.25, 0.3) is 0 Å². The average Bonchev–Trinajstić information content (AvgIpc) is 2.16. The number of carbonyl (C=O) groups excluding carboxylic acids is 1. The van der Waals surface area contributed by atoms with Gasteiger partial charge >= 0.3 is 5.97 Å². The maximum atomic E-state index is 10.5. The van der Waals surface area contributed by atoms with Crippen LogP contribution in [0.4, 0.5) is 0 Å². The molecular weight excluding hydrogens is 184 g/mol. The first-order chi connectivity index (χ1) is 6.63. The molecule has 0 spiro atoms. The lowest BCUT2D eigenvalue weighted by Gasteiger charge is -2.06. The molecule has 0 bridgehead atoms. The molecule has 0 atom stereocenters. The lowest BCUT2D eigenvalue weighted by Crippen LogP contribution is -1.99. The number of hydrogen-bond acceptors (Lipinski definition) is 4. The predicted octanol–water partition coefficient (Wildman–Crippen LogP) is 1.46. The van der Waals surface area contributed by atoms with Crippen LogP contribution in [0.1, 0.15) is 12.5 Å². The molecule has 1 aromatic rings. The summed E-state index contributed by atoms with van der Waals surface area (Å²) in [6.07, 6.45) is 0. The summed E-state index contributed by atoms with van der Waals surface area (Å²) in [4.78, 5) is 10.5. The first kappa shape index (κ1) is 10.4. The maximum Gasteiger partial charge on any atom is 0.302 e. The molecule has 0 radical (unpaired) electrons. The Morgan fingerprint density at radius 1 is 1.50 bits per heavy atom. The Labute approximate surface area is 82.1 Å². The Hall–Kier alpha value is -1.71. The van der Waals surface area contributed by atoms with Crippen LogP contribution in [0, 0.1) is 0 Å². The van der Waals surface area contributed by atoms with Crippen LogP contribution in [0.5, 0.6) is 11.5 Å². The van der Waals surface area contributed by atoms with Crippen LogP contribution in [0.2, 0.25) is 0 Å². The molecule has 1 aromatic carbocycles. The van der Waals surface area contributed by atoms with Gasteiger partial charge in [0.15, 0.2) is 0 Å². The second kappa shape index (κ2) is 4.50. The fraction of sp³-hybridized carbons (Fsp3) is 0.300. The Bertz CT molecular complexity index is 333. The normalized spacial score (nSPS) is 9.57. The van der Waals surface area contributed by atoms with Crippen molar-refractivity contribution in [2.75, 3.05) is 7.11 Å². The molecule has 0 aliphatic rings. The molecule has 1 rings (SSSR count). The van der Waals surface area contributed by atoms with Gasteiger partial charge in [-0.05, 0) is 18.2 Å². The Kier molecular flexibility index (Phi) is 3.34. The molecule has 4 heteroatoms. The summed E-state index contributed by atoms with van der Waals surface area (Å²) in [6, 6.07) is 4.75. The molecule has 0 aromatic heterocycles. The molecular formula is C10H12O4. The second-order valence-electron chi connectivity index (χ2n) is 2.77. The van der Waals surface area contributed by atoms with Crippen LogP contribution in [0.3, 0.4) is 0 Å². The van der Waals surface area contributed by atoms with Gasteiger partial charge in [0.05, 0.1) is 7.11 Å². The van der Waals surface area contributed by atoms with Gasteiger partial charge in [0.2, 0.25) is 0 Å². The van der Waals surface area contributed by atoms with Crippen molar-refractivity contribution < 1.29 is 19.4 Å². The summed E-state index contributed by atoms with van der Waals surface area (Å²) in [5.41, 5.74) is 0.527. The van der Waals surface area contributed by atoms with E-state index in [1.54, 1.807) is 12.1 Å². The van der Waals surface area contributed by atoms with Crippen molar-refractivity contribution >= 4 is 5.97 Å². The number of aromatic hydroxyl groups is 1. The van der Waals surface area contributed by atoms with Crippen molar-refractivity contribution in [3.05, 3.63) is 23.8 Å². The highest BCUT2D eigenvalue weighted by molar-refractivity contribution is 5.66. The number of esters is 1. The maximum absolute atomic E-state index is 10.5. The smallest absolute Gasteiger partial charge is 0.302 e. The van der Waals surface area contributed by atoms with Gasteiger partial charge in [-0.25, -0.2) is 0 Å². The van der Waals surface area contributed by atoms with Crippen molar-refractivity contribution in [2.24, 2.45) is 0 Å². The highest BCUT2D eigenvalue weighted by Gasteiger charge is 2.04. The highest BCUT2D eigenvalue weighted by Crippen LogP contribution is 2.23. The van der Waals surface area contributed by atoms with Crippen molar-refractivity contribution in [3.8, 4) is 11.5 Å².